The smallest absolute Gasteiger partial charge is 0.346 e. The van der Waals surface area contributed by atoms with Crippen LogP contribution in [0.5, 0.6) is 28.7 Å². The van der Waals surface area contributed by atoms with Crippen molar-refractivity contribution in [1.82, 2.24) is 0 Å². The molecule has 68 heavy (non-hydrogen) atoms. The molecule has 2 N–H and O–H groups in total. The Hall–Kier alpha value is -5.18. The number of phenolic OH excluding ortho intramolecular Hbond substituents is 2. The summed E-state index contributed by atoms with van der Waals surface area (Å²) in [6.07, 6.45) is 39.6. The summed E-state index contributed by atoms with van der Waals surface area (Å²) < 4.78 is 32.1. The van der Waals surface area contributed by atoms with Crippen LogP contribution in [0.15, 0.2) is 88.8 Å². The van der Waals surface area contributed by atoms with Gasteiger partial charge in [0.25, 0.3) is 0 Å². The lowest BCUT2D eigenvalue weighted by Gasteiger charge is -2.08. The Morgan fingerprint density at radius 3 is 1.21 bits per heavy atom. The summed E-state index contributed by atoms with van der Waals surface area (Å²) in [7, 11) is 0. The highest BCUT2D eigenvalue weighted by atomic mass is 19.1. The zero-order valence-corrected chi connectivity index (χ0v) is 41.7. The van der Waals surface area contributed by atoms with Gasteiger partial charge < -0.3 is 24.4 Å². The lowest BCUT2D eigenvalue weighted by atomic mass is 10.0. The van der Waals surface area contributed by atoms with Gasteiger partial charge in [0.1, 0.15) is 34.6 Å². The lowest BCUT2D eigenvalue weighted by Crippen LogP contribution is -2.10. The second-order valence-electron chi connectivity index (χ2n) is 18.4. The van der Waals surface area contributed by atoms with Crippen molar-refractivity contribution in [3.8, 4) is 28.7 Å². The van der Waals surface area contributed by atoms with Gasteiger partial charge in [-0.25, -0.2) is 9.18 Å². The van der Waals surface area contributed by atoms with E-state index in [9.17, 15) is 19.4 Å². The Labute approximate surface area is 408 Å². The fourth-order valence-electron chi connectivity index (χ4n) is 8.22. The predicted molar refractivity (Wildman–Crippen MR) is 280 cm³/mol. The van der Waals surface area contributed by atoms with Gasteiger partial charge in [0, 0.05) is 35.7 Å². The van der Waals surface area contributed by atoms with Crippen molar-refractivity contribution in [2.24, 2.45) is 9.98 Å². The number of carbonyl (C=O) groups excluding carboxylic acids is 1. The summed E-state index contributed by atoms with van der Waals surface area (Å²) in [5, 5.41) is 21.2. The quantitative estimate of drug-likeness (QED) is 0.0200. The summed E-state index contributed by atoms with van der Waals surface area (Å²) in [4.78, 5) is 21.8. The van der Waals surface area contributed by atoms with Gasteiger partial charge in [-0.05, 0) is 79.6 Å². The summed E-state index contributed by atoms with van der Waals surface area (Å²) in [6, 6.07) is 20.6. The zero-order valence-electron chi connectivity index (χ0n) is 41.7. The van der Waals surface area contributed by atoms with E-state index in [0.717, 1.165) is 31.7 Å². The van der Waals surface area contributed by atoms with Crippen molar-refractivity contribution in [3.05, 3.63) is 101 Å². The molecule has 0 aliphatic carbocycles. The molecule has 0 fully saturated rings. The number of halogens is 1. The molecule has 4 rings (SSSR count). The molecule has 9 heteroatoms. The van der Waals surface area contributed by atoms with Crippen molar-refractivity contribution in [1.29, 1.82) is 0 Å². The molecule has 372 valence electrons. The topological polar surface area (TPSA) is 110 Å². The molecule has 0 saturated carbocycles. The molecule has 8 nitrogen and oxygen atoms in total. The van der Waals surface area contributed by atoms with E-state index in [4.69, 9.17) is 14.2 Å². The van der Waals surface area contributed by atoms with Crippen LogP contribution in [0.1, 0.15) is 215 Å². The minimum atomic E-state index is -0.879. The normalized spacial score (nSPS) is 11.5. The maximum absolute atomic E-state index is 14.8. The van der Waals surface area contributed by atoms with Gasteiger partial charge in [0.05, 0.1) is 30.2 Å². The minimum Gasteiger partial charge on any atom is -0.507 e. The molecule has 0 aliphatic heterocycles. The van der Waals surface area contributed by atoms with E-state index < -0.39 is 11.8 Å². The van der Waals surface area contributed by atoms with E-state index >= 15 is 0 Å². The molecule has 0 bridgehead atoms. The second kappa shape index (κ2) is 35.0. The molecule has 0 spiro atoms. The van der Waals surface area contributed by atoms with Crippen LogP contribution in [-0.4, -0.2) is 41.8 Å². The molecule has 0 atom stereocenters. The fourth-order valence-corrected chi connectivity index (χ4v) is 8.22. The highest BCUT2D eigenvalue weighted by Crippen LogP contribution is 2.27. The van der Waals surface area contributed by atoms with Crippen LogP contribution >= 0.6 is 0 Å². The molecule has 0 aromatic heterocycles. The van der Waals surface area contributed by atoms with Crippen molar-refractivity contribution >= 4 is 29.8 Å². The maximum Gasteiger partial charge on any atom is 0.346 e. The Morgan fingerprint density at radius 2 is 0.809 bits per heavy atom. The van der Waals surface area contributed by atoms with Crippen LogP contribution in [0, 0.1) is 5.82 Å². The average Bonchev–Trinajstić information content (AvgIpc) is 3.34. The first kappa shape index (κ1) is 55.4. The molecule has 0 heterocycles. The average molecular weight is 935 g/mol. The second-order valence-corrected chi connectivity index (χ2v) is 18.4. The molecule has 4 aromatic rings. The van der Waals surface area contributed by atoms with Crippen molar-refractivity contribution < 1.29 is 33.6 Å². The number of nitrogens with zero attached hydrogens (tertiary/aromatic N) is 2. The molecule has 4 aromatic carbocycles. The van der Waals surface area contributed by atoms with Crippen molar-refractivity contribution in [2.75, 3.05) is 13.2 Å². The SMILES string of the molecule is CCCCCCCCCCCCCCCCOc1ccc(C=Nc2ccc(OC(=O)c3cc(N=Cc4ccc(OCCCCCCCCCCCCCCCC)cc4O)ccc3F)cc2)c(O)c1. The van der Waals surface area contributed by atoms with Gasteiger partial charge in [-0.3, -0.25) is 9.98 Å². The van der Waals surface area contributed by atoms with Crippen LogP contribution < -0.4 is 14.2 Å². The molecular weight excluding hydrogens is 852 g/mol. The number of aliphatic imine (C=N–C) groups is 2. The van der Waals surface area contributed by atoms with Crippen LogP contribution in [0.2, 0.25) is 0 Å². The van der Waals surface area contributed by atoms with Gasteiger partial charge >= 0.3 is 5.97 Å². The number of ether oxygens (including phenoxy) is 3. The lowest BCUT2D eigenvalue weighted by molar-refractivity contribution is 0.0730. The van der Waals surface area contributed by atoms with Gasteiger partial charge in [-0.1, -0.05) is 181 Å². The summed E-state index contributed by atoms with van der Waals surface area (Å²) >= 11 is 0. The number of rotatable bonds is 38. The van der Waals surface area contributed by atoms with E-state index in [2.05, 4.69) is 23.8 Å². The largest absolute Gasteiger partial charge is 0.507 e. The maximum atomic E-state index is 14.8. The van der Waals surface area contributed by atoms with Crippen molar-refractivity contribution in [2.45, 2.75) is 194 Å². The third-order valence-electron chi connectivity index (χ3n) is 12.5. The number of hydrogen-bond acceptors (Lipinski definition) is 8. The molecule has 0 saturated heterocycles. The van der Waals surface area contributed by atoms with E-state index in [1.54, 1.807) is 60.8 Å². The first-order valence-corrected chi connectivity index (χ1v) is 26.5. The van der Waals surface area contributed by atoms with E-state index in [1.807, 2.05) is 6.07 Å². The predicted octanol–water partition coefficient (Wildman–Crippen LogP) is 17.7. The van der Waals surface area contributed by atoms with Gasteiger partial charge in [0.15, 0.2) is 0 Å². The monoisotopic (exact) mass is 935 g/mol. The van der Waals surface area contributed by atoms with E-state index in [-0.39, 0.29) is 22.8 Å². The summed E-state index contributed by atoms with van der Waals surface area (Å²) in [5.41, 5.74) is 1.60. The van der Waals surface area contributed by atoms with Crippen LogP contribution in [-0.2, 0) is 0 Å². The third-order valence-corrected chi connectivity index (χ3v) is 12.5. The molecule has 0 amide bonds. The zero-order chi connectivity index (χ0) is 48.3. The first-order valence-electron chi connectivity index (χ1n) is 26.5. The standard InChI is InChI=1S/C59H83FN2O6/c1-3-5-7-9-11-13-15-17-19-21-23-25-27-29-41-66-53-36-31-48(57(63)44-53)46-61-50-33-38-52(39-34-50)68-59(65)55-43-51(35-40-56(55)60)62-47-49-32-37-54(45-58(49)64)67-42-30-28-26-24-22-20-18-16-14-12-10-8-6-4-2/h31-40,43-47,63-64H,3-30,41-42H2,1-2H3. The molecule has 0 aliphatic rings. The molecule has 0 unspecified atom stereocenters. The summed E-state index contributed by atoms with van der Waals surface area (Å²) in [5.74, 6) is -0.138. The number of benzene rings is 4. The van der Waals surface area contributed by atoms with Crippen molar-refractivity contribution in [3.63, 3.8) is 0 Å². The van der Waals surface area contributed by atoms with Crippen LogP contribution in [0.3, 0.4) is 0 Å². The van der Waals surface area contributed by atoms with E-state index in [1.165, 1.54) is 172 Å². The van der Waals surface area contributed by atoms with Gasteiger partial charge in [0.2, 0.25) is 0 Å². The fraction of sp³-hybridized carbons (Fsp3) is 0.542. The molecule has 0 radical (unpaired) electrons. The minimum absolute atomic E-state index is 0.00628. The Bertz CT molecular complexity index is 2030. The number of esters is 1. The van der Waals surface area contributed by atoms with Crippen LogP contribution in [0.25, 0.3) is 0 Å². The first-order chi connectivity index (χ1) is 33.4. The Kier molecular flexibility index (Phi) is 28.5. The van der Waals surface area contributed by atoms with Crippen LogP contribution in [0.4, 0.5) is 15.8 Å². The Morgan fingerprint density at radius 1 is 0.456 bits per heavy atom. The number of aromatic hydroxyl groups is 2. The van der Waals surface area contributed by atoms with Gasteiger partial charge in [-0.15, -0.1) is 0 Å². The van der Waals surface area contributed by atoms with Gasteiger partial charge in [-0.2, -0.15) is 0 Å². The number of unbranched alkanes of at least 4 members (excludes halogenated alkanes) is 26. The Balaban J connectivity index is 1.10. The molecular formula is C59H83FN2O6. The third kappa shape index (κ3) is 23.7. The number of carbonyl (C=O) groups is 1. The highest BCUT2D eigenvalue weighted by Gasteiger charge is 2.15. The highest BCUT2D eigenvalue weighted by molar-refractivity contribution is 5.93. The number of hydrogen-bond donors (Lipinski definition) is 2. The number of phenols is 2. The summed E-state index contributed by atoms with van der Waals surface area (Å²) in [6.45, 7) is 5.74. The van der Waals surface area contributed by atoms with E-state index in [0.29, 0.717) is 47.2 Å².